The van der Waals surface area contributed by atoms with Gasteiger partial charge in [0.05, 0.1) is 11.9 Å². The molecule has 1 aromatic heterocycles. The molecule has 0 saturated heterocycles. The van der Waals surface area contributed by atoms with Crippen molar-refractivity contribution in [2.45, 2.75) is 19.6 Å². The minimum atomic E-state index is -1.44. The van der Waals surface area contributed by atoms with E-state index in [0.717, 1.165) is 8.29 Å². The van der Waals surface area contributed by atoms with Crippen LogP contribution in [0.2, 0.25) is 19.6 Å². The average Bonchev–Trinajstić information content (AvgIpc) is 2.08. The molecule has 0 saturated carbocycles. The highest BCUT2D eigenvalue weighted by atomic mass is 79.9. The maximum Gasteiger partial charge on any atom is 0.134 e. The third-order valence-corrected chi connectivity index (χ3v) is 6.51. The summed E-state index contributed by atoms with van der Waals surface area (Å²) in [4.78, 5) is 0. The molecule has 0 atom stereocenters. The number of halogens is 2. The lowest BCUT2D eigenvalue weighted by Gasteiger charge is -2.12. The quantitative estimate of drug-likeness (QED) is 0.674. The Morgan fingerprint density at radius 1 is 1.45 bits per heavy atom. The maximum atomic E-state index is 13.1. The minimum absolute atomic E-state index is 0.0407. The fourth-order valence-electron chi connectivity index (χ4n) is 0.852. The van der Waals surface area contributed by atoms with E-state index >= 15 is 0 Å². The molecule has 0 unspecified atom stereocenters. The van der Waals surface area contributed by atoms with Crippen LogP contribution in [0.25, 0.3) is 0 Å². The number of rotatable bonds is 1. The first-order valence-electron chi connectivity index (χ1n) is 3.36. The van der Waals surface area contributed by atoms with Crippen LogP contribution in [-0.2, 0) is 0 Å². The second-order valence-electron chi connectivity index (χ2n) is 3.48. The molecule has 0 aliphatic heterocycles. The second-order valence-corrected chi connectivity index (χ2v) is 11.3. The summed E-state index contributed by atoms with van der Waals surface area (Å²) in [5, 5.41) is 0. The predicted octanol–water partition coefficient (Wildman–Crippen LogP) is 3.19. The zero-order valence-electron chi connectivity index (χ0n) is 6.74. The molecule has 62 valence electrons. The van der Waals surface area contributed by atoms with Crippen molar-refractivity contribution in [2.24, 2.45) is 0 Å². The van der Waals surface area contributed by atoms with Gasteiger partial charge in [-0.25, -0.2) is 4.39 Å². The molecule has 1 aromatic rings. The molecule has 0 aliphatic rings. The van der Waals surface area contributed by atoms with Crippen molar-refractivity contribution >= 4 is 39.8 Å². The molecular weight excluding hydrogens is 243 g/mol. The molecule has 0 nitrogen and oxygen atoms in total. The van der Waals surface area contributed by atoms with Gasteiger partial charge in [-0.3, -0.25) is 0 Å². The highest BCUT2D eigenvalue weighted by Crippen LogP contribution is 2.21. The van der Waals surface area contributed by atoms with Crippen molar-refractivity contribution in [1.29, 1.82) is 0 Å². The number of hydrogen-bond donors (Lipinski definition) is 0. The topological polar surface area (TPSA) is 0 Å². The first-order chi connectivity index (χ1) is 4.91. The van der Waals surface area contributed by atoms with Gasteiger partial charge in [0.2, 0.25) is 0 Å². The molecule has 1 rings (SSSR count). The van der Waals surface area contributed by atoms with Crippen LogP contribution in [0.4, 0.5) is 4.39 Å². The molecule has 0 N–H and O–H groups in total. The lowest BCUT2D eigenvalue weighted by Crippen LogP contribution is -2.37. The SMILES string of the molecule is C[Si](C)(C)c1sc(Br)cc1F. The van der Waals surface area contributed by atoms with Crippen LogP contribution in [0.15, 0.2) is 9.85 Å². The standard InChI is InChI=1S/C7H10BrFSSi/c1-11(2,3)7-5(9)4-6(8)10-7/h4H,1-3H3. The van der Waals surface area contributed by atoms with Gasteiger partial charge in [-0.05, 0) is 22.0 Å². The van der Waals surface area contributed by atoms with E-state index in [0.29, 0.717) is 0 Å². The van der Waals surface area contributed by atoms with E-state index in [-0.39, 0.29) is 5.82 Å². The van der Waals surface area contributed by atoms with Crippen molar-refractivity contribution in [3.05, 3.63) is 15.7 Å². The van der Waals surface area contributed by atoms with Crippen LogP contribution in [0, 0.1) is 5.82 Å². The summed E-state index contributed by atoms with van der Waals surface area (Å²) in [5.74, 6) is -0.0407. The Bertz CT molecular complexity index is 264. The molecule has 1 heterocycles. The minimum Gasteiger partial charge on any atom is -0.206 e. The Hall–Kier alpha value is 0.327. The summed E-state index contributed by atoms with van der Waals surface area (Å²) < 4.78 is 15.0. The van der Waals surface area contributed by atoms with Crippen LogP contribution in [-0.4, -0.2) is 8.07 Å². The van der Waals surface area contributed by atoms with Crippen LogP contribution >= 0.6 is 27.3 Å². The molecule has 11 heavy (non-hydrogen) atoms. The predicted molar refractivity (Wildman–Crippen MR) is 55.0 cm³/mol. The summed E-state index contributed by atoms with van der Waals surface area (Å²) in [6, 6.07) is 1.55. The highest BCUT2D eigenvalue weighted by Gasteiger charge is 2.23. The monoisotopic (exact) mass is 252 g/mol. The van der Waals surface area contributed by atoms with Gasteiger partial charge in [-0.15, -0.1) is 11.3 Å². The zero-order valence-corrected chi connectivity index (χ0v) is 10.1. The van der Waals surface area contributed by atoms with Crippen LogP contribution in [0.1, 0.15) is 0 Å². The van der Waals surface area contributed by atoms with E-state index < -0.39 is 8.07 Å². The molecule has 0 fully saturated rings. The molecule has 0 aliphatic carbocycles. The summed E-state index contributed by atoms with van der Waals surface area (Å²) >= 11 is 4.80. The third kappa shape index (κ3) is 2.13. The number of thiophene rings is 1. The third-order valence-electron chi connectivity index (χ3n) is 1.34. The van der Waals surface area contributed by atoms with E-state index in [4.69, 9.17) is 0 Å². The Morgan fingerprint density at radius 2 is 2.00 bits per heavy atom. The van der Waals surface area contributed by atoms with Crippen LogP contribution in [0.5, 0.6) is 0 Å². The lowest BCUT2D eigenvalue weighted by molar-refractivity contribution is 0.639. The van der Waals surface area contributed by atoms with E-state index in [1.165, 1.54) is 11.3 Å². The molecule has 4 heteroatoms. The van der Waals surface area contributed by atoms with Gasteiger partial charge < -0.3 is 0 Å². The van der Waals surface area contributed by atoms with Gasteiger partial charge in [0.15, 0.2) is 0 Å². The molecule has 0 spiro atoms. The zero-order chi connectivity index (χ0) is 8.65. The lowest BCUT2D eigenvalue weighted by atomic mass is 10.6. The molecule has 0 amide bonds. The Morgan fingerprint density at radius 3 is 2.18 bits per heavy atom. The summed E-state index contributed by atoms with van der Waals surface area (Å²) in [6.07, 6.45) is 0. The fourth-order valence-corrected chi connectivity index (χ4v) is 4.84. The van der Waals surface area contributed by atoms with E-state index in [1.54, 1.807) is 6.07 Å². The molecule has 0 aromatic carbocycles. The van der Waals surface area contributed by atoms with Crippen molar-refractivity contribution in [2.75, 3.05) is 0 Å². The summed E-state index contributed by atoms with van der Waals surface area (Å²) in [6.45, 7) is 6.44. The normalized spacial score (nSPS) is 12.1. The maximum absolute atomic E-state index is 13.1. The Balaban J connectivity index is 3.13. The summed E-state index contributed by atoms with van der Waals surface area (Å²) in [7, 11) is -1.44. The molecular formula is C7H10BrFSSi. The second kappa shape index (κ2) is 2.99. The van der Waals surface area contributed by atoms with Crippen LogP contribution < -0.4 is 4.50 Å². The van der Waals surface area contributed by atoms with Gasteiger partial charge in [0.1, 0.15) is 5.82 Å². The van der Waals surface area contributed by atoms with Gasteiger partial charge in [0, 0.05) is 4.50 Å². The van der Waals surface area contributed by atoms with Crippen molar-refractivity contribution in [1.82, 2.24) is 0 Å². The molecule has 0 radical (unpaired) electrons. The van der Waals surface area contributed by atoms with E-state index in [1.807, 2.05) is 0 Å². The van der Waals surface area contributed by atoms with E-state index in [2.05, 4.69) is 35.6 Å². The summed E-state index contributed by atoms with van der Waals surface area (Å²) in [5.41, 5.74) is 0. The van der Waals surface area contributed by atoms with Gasteiger partial charge in [-0.1, -0.05) is 19.6 Å². The van der Waals surface area contributed by atoms with E-state index in [9.17, 15) is 4.39 Å². The first-order valence-corrected chi connectivity index (χ1v) is 8.47. The Kier molecular flexibility index (Phi) is 2.56. The van der Waals surface area contributed by atoms with Gasteiger partial charge in [0.25, 0.3) is 0 Å². The largest absolute Gasteiger partial charge is 0.206 e. The highest BCUT2D eigenvalue weighted by molar-refractivity contribution is 9.11. The average molecular weight is 253 g/mol. The fraction of sp³-hybridized carbons (Fsp3) is 0.429. The van der Waals surface area contributed by atoms with Crippen molar-refractivity contribution in [3.8, 4) is 0 Å². The number of hydrogen-bond acceptors (Lipinski definition) is 1. The first kappa shape index (κ1) is 9.42. The van der Waals surface area contributed by atoms with Crippen molar-refractivity contribution < 1.29 is 4.39 Å². The Labute approximate surface area is 79.6 Å². The van der Waals surface area contributed by atoms with Gasteiger partial charge in [-0.2, -0.15) is 0 Å². The van der Waals surface area contributed by atoms with Crippen LogP contribution in [0.3, 0.4) is 0 Å². The smallest absolute Gasteiger partial charge is 0.134 e. The molecule has 0 bridgehead atoms. The van der Waals surface area contributed by atoms with Crippen molar-refractivity contribution in [3.63, 3.8) is 0 Å². The van der Waals surface area contributed by atoms with Gasteiger partial charge >= 0.3 is 0 Å².